The second-order valence-electron chi connectivity index (χ2n) is 9.08. The molecule has 0 radical (unpaired) electrons. The van der Waals surface area contributed by atoms with Gasteiger partial charge in [0.2, 0.25) is 0 Å². The Labute approximate surface area is 174 Å². The highest BCUT2D eigenvalue weighted by Gasteiger charge is 2.48. The maximum Gasteiger partial charge on any atom is 0.161 e. The summed E-state index contributed by atoms with van der Waals surface area (Å²) in [5.41, 5.74) is 0.996. The Morgan fingerprint density at radius 1 is 1.14 bits per heavy atom. The SMILES string of the molecule is COc1ccc([C@@H]2CN(N3CCOCC3)C[C@@]2(C)[C@@H](C)O)cc1OC1CCCC1. The van der Waals surface area contributed by atoms with Gasteiger partial charge in [0.1, 0.15) is 0 Å². The number of hydrogen-bond donors (Lipinski definition) is 1. The molecule has 6 heteroatoms. The van der Waals surface area contributed by atoms with Crippen LogP contribution < -0.4 is 9.47 Å². The number of hydrogen-bond acceptors (Lipinski definition) is 6. The summed E-state index contributed by atoms with van der Waals surface area (Å²) in [4.78, 5) is 0. The lowest BCUT2D eigenvalue weighted by atomic mass is 9.72. The average molecular weight is 405 g/mol. The van der Waals surface area contributed by atoms with Crippen LogP contribution in [0.25, 0.3) is 0 Å². The Kier molecular flexibility index (Phi) is 6.35. The van der Waals surface area contributed by atoms with Gasteiger partial charge in [0.05, 0.1) is 32.5 Å². The summed E-state index contributed by atoms with van der Waals surface area (Å²) < 4.78 is 17.4. The molecule has 1 aliphatic carbocycles. The molecule has 1 aromatic rings. The van der Waals surface area contributed by atoms with Crippen LogP contribution in [0.5, 0.6) is 11.5 Å². The Balaban J connectivity index is 1.60. The normalized spacial score (nSPS) is 30.6. The molecule has 3 aliphatic rings. The topological polar surface area (TPSA) is 54.4 Å². The van der Waals surface area contributed by atoms with E-state index >= 15 is 0 Å². The maximum absolute atomic E-state index is 10.7. The van der Waals surface area contributed by atoms with Gasteiger partial charge in [0.25, 0.3) is 0 Å². The molecule has 0 amide bonds. The van der Waals surface area contributed by atoms with Crippen molar-refractivity contribution < 1.29 is 19.3 Å². The van der Waals surface area contributed by atoms with Crippen molar-refractivity contribution in [3.05, 3.63) is 23.8 Å². The van der Waals surface area contributed by atoms with Crippen molar-refractivity contribution in [1.82, 2.24) is 10.0 Å². The Bertz CT molecular complexity index is 685. The van der Waals surface area contributed by atoms with Crippen LogP contribution in [0, 0.1) is 5.41 Å². The number of methoxy groups -OCH3 is 1. The summed E-state index contributed by atoms with van der Waals surface area (Å²) in [7, 11) is 1.70. The van der Waals surface area contributed by atoms with Gasteiger partial charge in [-0.1, -0.05) is 13.0 Å². The fraction of sp³-hybridized carbons (Fsp3) is 0.739. The van der Waals surface area contributed by atoms with Crippen LogP contribution in [0.1, 0.15) is 51.0 Å². The molecule has 29 heavy (non-hydrogen) atoms. The molecule has 6 nitrogen and oxygen atoms in total. The largest absolute Gasteiger partial charge is 0.493 e. The number of rotatable bonds is 6. The molecule has 0 aromatic heterocycles. The van der Waals surface area contributed by atoms with E-state index < -0.39 is 6.10 Å². The van der Waals surface area contributed by atoms with Gasteiger partial charge in [-0.2, -0.15) is 0 Å². The van der Waals surface area contributed by atoms with E-state index in [-0.39, 0.29) is 17.4 Å². The molecular formula is C23H36N2O4. The molecule has 2 saturated heterocycles. The number of morpholine rings is 1. The minimum atomic E-state index is -0.403. The summed E-state index contributed by atoms with van der Waals surface area (Å²) in [6.07, 6.45) is 4.60. The lowest BCUT2D eigenvalue weighted by Crippen LogP contribution is -2.48. The monoisotopic (exact) mass is 404 g/mol. The summed E-state index contributed by atoms with van der Waals surface area (Å²) in [5, 5.41) is 15.5. The number of aliphatic hydroxyl groups is 1. The summed E-state index contributed by atoms with van der Waals surface area (Å²) >= 11 is 0. The number of aliphatic hydroxyl groups excluding tert-OH is 1. The van der Waals surface area contributed by atoms with E-state index in [1.165, 1.54) is 18.4 Å². The predicted octanol–water partition coefficient (Wildman–Crippen LogP) is 3.05. The highest BCUT2D eigenvalue weighted by Crippen LogP contribution is 2.47. The second-order valence-corrected chi connectivity index (χ2v) is 9.08. The number of benzene rings is 1. The third-order valence-electron chi connectivity index (χ3n) is 7.24. The summed E-state index contributed by atoms with van der Waals surface area (Å²) in [6.45, 7) is 9.27. The molecule has 1 N–H and O–H groups in total. The van der Waals surface area contributed by atoms with Gasteiger partial charge in [0, 0.05) is 37.5 Å². The molecule has 0 bridgehead atoms. The van der Waals surface area contributed by atoms with Gasteiger partial charge in [-0.15, -0.1) is 0 Å². The Morgan fingerprint density at radius 3 is 2.52 bits per heavy atom. The zero-order valence-corrected chi connectivity index (χ0v) is 18.1. The first kappa shape index (κ1) is 20.9. The Morgan fingerprint density at radius 2 is 1.86 bits per heavy atom. The zero-order valence-electron chi connectivity index (χ0n) is 18.1. The van der Waals surface area contributed by atoms with E-state index in [0.29, 0.717) is 0 Å². The van der Waals surface area contributed by atoms with Gasteiger partial charge in [-0.05, 0) is 50.3 Å². The van der Waals surface area contributed by atoms with Crippen LogP contribution >= 0.6 is 0 Å². The molecular weight excluding hydrogens is 368 g/mol. The lowest BCUT2D eigenvalue weighted by Gasteiger charge is -2.36. The summed E-state index contributed by atoms with van der Waals surface area (Å²) in [6, 6.07) is 6.33. The molecule has 1 aromatic carbocycles. The third-order valence-corrected chi connectivity index (χ3v) is 7.24. The van der Waals surface area contributed by atoms with E-state index in [2.05, 4.69) is 29.1 Å². The van der Waals surface area contributed by atoms with Crippen LogP contribution in [-0.4, -0.2) is 73.8 Å². The summed E-state index contributed by atoms with van der Waals surface area (Å²) in [5.74, 6) is 1.86. The molecule has 0 unspecified atom stereocenters. The van der Waals surface area contributed by atoms with Crippen LogP contribution in [-0.2, 0) is 4.74 Å². The second kappa shape index (κ2) is 8.80. The fourth-order valence-corrected chi connectivity index (χ4v) is 5.14. The first-order valence-corrected chi connectivity index (χ1v) is 11.1. The number of nitrogens with zero attached hydrogens (tertiary/aromatic N) is 2. The molecule has 2 aliphatic heterocycles. The fourth-order valence-electron chi connectivity index (χ4n) is 5.14. The van der Waals surface area contributed by atoms with Crippen molar-refractivity contribution >= 4 is 0 Å². The minimum absolute atomic E-state index is 0.224. The average Bonchev–Trinajstić information content (AvgIpc) is 3.37. The van der Waals surface area contributed by atoms with E-state index in [9.17, 15) is 5.11 Å². The molecule has 162 valence electrons. The third kappa shape index (κ3) is 4.26. The maximum atomic E-state index is 10.7. The van der Waals surface area contributed by atoms with Crippen LogP contribution in [0.15, 0.2) is 18.2 Å². The first-order chi connectivity index (χ1) is 14.0. The van der Waals surface area contributed by atoms with E-state index in [1.54, 1.807) is 7.11 Å². The highest BCUT2D eigenvalue weighted by molar-refractivity contribution is 5.45. The van der Waals surface area contributed by atoms with E-state index in [0.717, 1.165) is 63.7 Å². The molecule has 3 fully saturated rings. The minimum Gasteiger partial charge on any atom is -0.493 e. The van der Waals surface area contributed by atoms with Gasteiger partial charge in [0.15, 0.2) is 11.5 Å². The van der Waals surface area contributed by atoms with Crippen molar-refractivity contribution in [2.24, 2.45) is 5.41 Å². The van der Waals surface area contributed by atoms with Gasteiger partial charge in [-0.3, -0.25) is 0 Å². The Hall–Kier alpha value is -1.34. The van der Waals surface area contributed by atoms with Crippen molar-refractivity contribution in [3.63, 3.8) is 0 Å². The predicted molar refractivity (Wildman–Crippen MR) is 112 cm³/mol. The van der Waals surface area contributed by atoms with Gasteiger partial charge in [-0.25, -0.2) is 10.0 Å². The highest BCUT2D eigenvalue weighted by atomic mass is 16.5. The van der Waals surface area contributed by atoms with Crippen molar-refractivity contribution in [2.45, 2.75) is 57.7 Å². The molecule has 2 heterocycles. The molecule has 1 saturated carbocycles. The van der Waals surface area contributed by atoms with E-state index in [1.807, 2.05) is 13.0 Å². The van der Waals surface area contributed by atoms with Crippen LogP contribution in [0.4, 0.5) is 0 Å². The van der Waals surface area contributed by atoms with E-state index in [4.69, 9.17) is 14.2 Å². The number of hydrazine groups is 1. The molecule has 3 atom stereocenters. The van der Waals surface area contributed by atoms with Gasteiger partial charge < -0.3 is 19.3 Å². The van der Waals surface area contributed by atoms with Crippen molar-refractivity contribution in [3.8, 4) is 11.5 Å². The van der Waals surface area contributed by atoms with Crippen LogP contribution in [0.2, 0.25) is 0 Å². The van der Waals surface area contributed by atoms with Gasteiger partial charge >= 0.3 is 0 Å². The van der Waals surface area contributed by atoms with Crippen LogP contribution in [0.3, 0.4) is 0 Å². The zero-order chi connectivity index (χ0) is 20.4. The lowest BCUT2D eigenvalue weighted by molar-refractivity contribution is -0.0867. The number of ether oxygens (including phenoxy) is 3. The van der Waals surface area contributed by atoms with Crippen molar-refractivity contribution in [1.29, 1.82) is 0 Å². The van der Waals surface area contributed by atoms with Crippen molar-refractivity contribution in [2.75, 3.05) is 46.5 Å². The molecule has 0 spiro atoms. The first-order valence-electron chi connectivity index (χ1n) is 11.1. The molecule has 4 rings (SSSR count). The smallest absolute Gasteiger partial charge is 0.161 e. The quantitative estimate of drug-likeness (QED) is 0.787. The standard InChI is InChI=1S/C23H36N2O4/c1-17(26)23(2)16-25(24-10-12-28-13-11-24)15-20(23)18-8-9-21(27-3)22(14-18)29-19-6-4-5-7-19/h8-9,14,17,19-20,26H,4-7,10-13,15-16H2,1-3H3/t17-,20+,23+/m1/s1.